The van der Waals surface area contributed by atoms with E-state index in [1.807, 2.05) is 43.6 Å². The van der Waals surface area contributed by atoms with Crippen LogP contribution in [0.2, 0.25) is 0 Å². The van der Waals surface area contributed by atoms with Crippen LogP contribution in [0.5, 0.6) is 11.5 Å². The molecule has 10 heteroatoms. The van der Waals surface area contributed by atoms with Crippen LogP contribution in [-0.2, 0) is 7.05 Å². The number of aromatic nitrogens is 5. The van der Waals surface area contributed by atoms with Crippen molar-refractivity contribution in [3.8, 4) is 34.0 Å². The number of benzene rings is 2. The molecule has 0 aliphatic rings. The van der Waals surface area contributed by atoms with Gasteiger partial charge in [-0.1, -0.05) is 30.3 Å². The molecule has 184 valence electrons. The molecule has 5 aromatic rings. The molecular weight excluding hydrogens is 473 g/mol. The van der Waals surface area contributed by atoms with Crippen molar-refractivity contribution in [2.75, 3.05) is 10.6 Å². The van der Waals surface area contributed by atoms with E-state index in [0.29, 0.717) is 28.6 Å². The SMILES string of the molecule is Cc1ncc(NC(=O)Nc2ccc(Oc3ccnc(-c4cnn(C)c4)c3)cc2F)c(-c2ccccc2)n1. The number of halogens is 1. The van der Waals surface area contributed by atoms with Gasteiger partial charge in [-0.2, -0.15) is 5.10 Å². The van der Waals surface area contributed by atoms with E-state index in [2.05, 4.69) is 30.7 Å². The first kappa shape index (κ1) is 23.6. The van der Waals surface area contributed by atoms with Gasteiger partial charge in [0.25, 0.3) is 0 Å². The quantitative estimate of drug-likeness (QED) is 0.307. The van der Waals surface area contributed by atoms with Crippen LogP contribution in [0, 0.1) is 12.7 Å². The van der Waals surface area contributed by atoms with E-state index in [4.69, 9.17) is 4.74 Å². The van der Waals surface area contributed by atoms with E-state index in [1.54, 1.807) is 42.2 Å². The molecule has 3 heterocycles. The Labute approximate surface area is 212 Å². The van der Waals surface area contributed by atoms with E-state index in [9.17, 15) is 9.18 Å². The largest absolute Gasteiger partial charge is 0.457 e. The standard InChI is InChI=1S/C27H22FN7O2/c1-17-30-15-25(26(32-17)18-6-4-3-5-7-18)34-27(36)33-23-9-8-20(12-22(23)28)37-21-10-11-29-24(13-21)19-14-31-35(2)16-19/h3-16H,1-2H3,(H2,33,34,36). The normalized spacial score (nSPS) is 10.7. The predicted octanol–water partition coefficient (Wildman–Crippen LogP) is 5.82. The van der Waals surface area contributed by atoms with Gasteiger partial charge in [-0.3, -0.25) is 9.67 Å². The number of anilines is 2. The van der Waals surface area contributed by atoms with Gasteiger partial charge in [0.2, 0.25) is 0 Å². The molecule has 0 unspecified atom stereocenters. The number of carbonyl (C=O) groups is 1. The minimum absolute atomic E-state index is 0.00933. The van der Waals surface area contributed by atoms with Gasteiger partial charge in [0.15, 0.2) is 0 Å². The maximum absolute atomic E-state index is 14.8. The Morgan fingerprint density at radius 1 is 0.919 bits per heavy atom. The Kier molecular flexibility index (Phi) is 6.54. The van der Waals surface area contributed by atoms with E-state index in [1.165, 1.54) is 18.3 Å². The molecule has 0 atom stereocenters. The van der Waals surface area contributed by atoms with Crippen molar-refractivity contribution < 1.29 is 13.9 Å². The number of nitrogens with one attached hydrogen (secondary N) is 2. The van der Waals surface area contributed by atoms with Gasteiger partial charge in [-0.25, -0.2) is 19.2 Å². The van der Waals surface area contributed by atoms with Gasteiger partial charge in [0.05, 0.1) is 35.2 Å². The Morgan fingerprint density at radius 2 is 1.70 bits per heavy atom. The fourth-order valence-corrected chi connectivity index (χ4v) is 3.64. The molecule has 0 saturated heterocycles. The smallest absolute Gasteiger partial charge is 0.323 e. The van der Waals surface area contributed by atoms with Gasteiger partial charge in [-0.15, -0.1) is 0 Å². The van der Waals surface area contributed by atoms with Crippen LogP contribution in [-0.4, -0.2) is 30.8 Å². The van der Waals surface area contributed by atoms with Crippen LogP contribution in [0.3, 0.4) is 0 Å². The summed E-state index contributed by atoms with van der Waals surface area (Å²) in [5, 5.41) is 9.37. The number of amides is 2. The summed E-state index contributed by atoms with van der Waals surface area (Å²) >= 11 is 0. The Hall–Kier alpha value is -5.12. The summed E-state index contributed by atoms with van der Waals surface area (Å²) in [5.41, 5.74) is 3.28. The molecule has 0 radical (unpaired) electrons. The number of urea groups is 1. The Morgan fingerprint density at radius 3 is 2.46 bits per heavy atom. The second-order valence-electron chi connectivity index (χ2n) is 8.15. The fourth-order valence-electron chi connectivity index (χ4n) is 3.64. The van der Waals surface area contributed by atoms with Crippen molar-refractivity contribution in [2.45, 2.75) is 6.92 Å². The second kappa shape index (κ2) is 10.2. The van der Waals surface area contributed by atoms with Crippen LogP contribution < -0.4 is 15.4 Å². The summed E-state index contributed by atoms with van der Waals surface area (Å²) in [4.78, 5) is 25.6. The number of carbonyl (C=O) groups excluding carboxylic acids is 1. The van der Waals surface area contributed by atoms with Gasteiger partial charge in [0.1, 0.15) is 23.1 Å². The summed E-state index contributed by atoms with van der Waals surface area (Å²) in [6.45, 7) is 1.76. The Bertz CT molecular complexity index is 1570. The monoisotopic (exact) mass is 495 g/mol. The molecule has 3 aromatic heterocycles. The Balaban J connectivity index is 1.28. The molecule has 0 saturated carbocycles. The highest BCUT2D eigenvalue weighted by molar-refractivity contribution is 6.01. The van der Waals surface area contributed by atoms with E-state index < -0.39 is 11.8 Å². The predicted molar refractivity (Wildman–Crippen MR) is 138 cm³/mol. The molecular formula is C27H22FN7O2. The highest BCUT2D eigenvalue weighted by atomic mass is 19.1. The lowest BCUT2D eigenvalue weighted by Gasteiger charge is -2.13. The highest BCUT2D eigenvalue weighted by Gasteiger charge is 2.14. The van der Waals surface area contributed by atoms with Gasteiger partial charge in [-0.05, 0) is 25.1 Å². The molecule has 9 nitrogen and oxygen atoms in total. The average Bonchev–Trinajstić information content (AvgIpc) is 3.34. The minimum atomic E-state index is -0.655. The number of ether oxygens (including phenoxy) is 1. The third kappa shape index (κ3) is 5.59. The number of hydrogen-bond donors (Lipinski definition) is 2. The first-order valence-electron chi connectivity index (χ1n) is 11.3. The molecule has 0 aliphatic carbocycles. The van der Waals surface area contributed by atoms with E-state index in [-0.39, 0.29) is 11.4 Å². The van der Waals surface area contributed by atoms with Crippen molar-refractivity contribution in [1.82, 2.24) is 24.7 Å². The van der Waals surface area contributed by atoms with Crippen molar-refractivity contribution in [3.05, 3.63) is 97.1 Å². The molecule has 0 fully saturated rings. The minimum Gasteiger partial charge on any atom is -0.457 e. The number of rotatable bonds is 6. The lowest BCUT2D eigenvalue weighted by molar-refractivity contribution is 0.262. The topological polar surface area (TPSA) is 107 Å². The zero-order chi connectivity index (χ0) is 25.8. The molecule has 0 spiro atoms. The van der Waals surface area contributed by atoms with Crippen molar-refractivity contribution >= 4 is 17.4 Å². The zero-order valence-corrected chi connectivity index (χ0v) is 20.0. The van der Waals surface area contributed by atoms with Crippen molar-refractivity contribution in [3.63, 3.8) is 0 Å². The van der Waals surface area contributed by atoms with Crippen molar-refractivity contribution in [1.29, 1.82) is 0 Å². The fraction of sp³-hybridized carbons (Fsp3) is 0.0741. The number of hydrogen-bond acceptors (Lipinski definition) is 6. The average molecular weight is 496 g/mol. The maximum Gasteiger partial charge on any atom is 0.323 e. The van der Waals surface area contributed by atoms with Gasteiger partial charge < -0.3 is 15.4 Å². The van der Waals surface area contributed by atoms with E-state index >= 15 is 0 Å². The summed E-state index contributed by atoms with van der Waals surface area (Å²) in [6, 6.07) is 16.4. The molecule has 5 rings (SSSR count). The van der Waals surface area contributed by atoms with E-state index in [0.717, 1.165) is 11.1 Å². The number of pyridine rings is 1. The zero-order valence-electron chi connectivity index (χ0n) is 20.0. The lowest BCUT2D eigenvalue weighted by atomic mass is 10.1. The number of nitrogens with zero attached hydrogens (tertiary/aromatic N) is 5. The number of aryl methyl sites for hydroxylation is 2. The first-order valence-corrected chi connectivity index (χ1v) is 11.3. The van der Waals surface area contributed by atoms with Crippen LogP contribution in [0.25, 0.3) is 22.5 Å². The summed E-state index contributed by atoms with van der Waals surface area (Å²) < 4.78 is 22.3. The maximum atomic E-state index is 14.8. The molecule has 2 amide bonds. The first-order chi connectivity index (χ1) is 17.9. The van der Waals surface area contributed by atoms with Gasteiger partial charge in [0, 0.05) is 42.7 Å². The second-order valence-corrected chi connectivity index (χ2v) is 8.15. The highest BCUT2D eigenvalue weighted by Crippen LogP contribution is 2.29. The van der Waals surface area contributed by atoms with Gasteiger partial charge >= 0.3 is 6.03 Å². The van der Waals surface area contributed by atoms with Crippen LogP contribution in [0.15, 0.2) is 85.5 Å². The molecule has 2 aromatic carbocycles. The molecule has 0 aliphatic heterocycles. The molecule has 37 heavy (non-hydrogen) atoms. The molecule has 2 N–H and O–H groups in total. The van der Waals surface area contributed by atoms with Crippen LogP contribution in [0.4, 0.5) is 20.6 Å². The van der Waals surface area contributed by atoms with Crippen LogP contribution in [0.1, 0.15) is 5.82 Å². The molecule has 0 bridgehead atoms. The summed E-state index contributed by atoms with van der Waals surface area (Å²) in [6.07, 6.45) is 6.66. The summed E-state index contributed by atoms with van der Waals surface area (Å²) in [5.74, 6) is 0.662. The van der Waals surface area contributed by atoms with Crippen LogP contribution >= 0.6 is 0 Å². The lowest BCUT2D eigenvalue weighted by Crippen LogP contribution is -2.21. The van der Waals surface area contributed by atoms with Crippen molar-refractivity contribution in [2.24, 2.45) is 7.05 Å². The third-order valence-corrected chi connectivity index (χ3v) is 5.36. The summed E-state index contributed by atoms with van der Waals surface area (Å²) in [7, 11) is 1.82. The third-order valence-electron chi connectivity index (χ3n) is 5.36.